The molecule has 0 bridgehead atoms. The van der Waals surface area contributed by atoms with Gasteiger partial charge in [-0.3, -0.25) is 4.79 Å². The van der Waals surface area contributed by atoms with Crippen LogP contribution in [0.4, 0.5) is 11.6 Å². The fourth-order valence-corrected chi connectivity index (χ4v) is 1.88. The van der Waals surface area contributed by atoms with Gasteiger partial charge in [-0.25, -0.2) is 9.97 Å². The van der Waals surface area contributed by atoms with Crippen LogP contribution < -0.4 is 10.2 Å². The van der Waals surface area contributed by atoms with Gasteiger partial charge in [-0.2, -0.15) is 0 Å². The van der Waals surface area contributed by atoms with E-state index >= 15 is 0 Å². The average Bonchev–Trinajstić information content (AvgIpc) is 2.55. The lowest BCUT2D eigenvalue weighted by Crippen LogP contribution is -2.27. The van der Waals surface area contributed by atoms with Crippen molar-refractivity contribution in [2.45, 2.75) is 19.8 Å². The SMILES string of the molecule is CCCCNc1nccc(C(=O)N(C)c2ccccc2)n1. The Bertz CT molecular complexity index is 586. The molecule has 2 rings (SSSR count). The number of carbonyl (C=O) groups excluding carboxylic acids is 1. The summed E-state index contributed by atoms with van der Waals surface area (Å²) in [6, 6.07) is 11.1. The molecule has 1 aromatic heterocycles. The highest BCUT2D eigenvalue weighted by molar-refractivity contribution is 6.04. The summed E-state index contributed by atoms with van der Waals surface area (Å²) in [6.45, 7) is 2.93. The molecule has 0 spiro atoms. The first-order valence-electron chi connectivity index (χ1n) is 7.12. The normalized spacial score (nSPS) is 10.2. The number of benzene rings is 1. The van der Waals surface area contributed by atoms with Gasteiger partial charge in [-0.1, -0.05) is 31.5 Å². The van der Waals surface area contributed by atoms with Gasteiger partial charge in [0, 0.05) is 25.5 Å². The highest BCUT2D eigenvalue weighted by Gasteiger charge is 2.15. The lowest BCUT2D eigenvalue weighted by molar-refractivity contribution is 0.0988. The van der Waals surface area contributed by atoms with Gasteiger partial charge in [0.25, 0.3) is 5.91 Å². The van der Waals surface area contributed by atoms with Gasteiger partial charge < -0.3 is 10.2 Å². The summed E-state index contributed by atoms with van der Waals surface area (Å²) in [5.74, 6) is 0.345. The maximum absolute atomic E-state index is 12.4. The Kier molecular flexibility index (Phi) is 5.26. The van der Waals surface area contributed by atoms with E-state index in [0.717, 1.165) is 25.1 Å². The number of hydrogen-bond acceptors (Lipinski definition) is 4. The van der Waals surface area contributed by atoms with Gasteiger partial charge in [0.2, 0.25) is 5.95 Å². The average molecular weight is 284 g/mol. The molecule has 0 saturated carbocycles. The zero-order valence-corrected chi connectivity index (χ0v) is 12.4. The molecule has 0 aliphatic rings. The Labute approximate surface area is 125 Å². The summed E-state index contributed by atoms with van der Waals surface area (Å²) < 4.78 is 0. The summed E-state index contributed by atoms with van der Waals surface area (Å²) in [7, 11) is 1.74. The van der Waals surface area contributed by atoms with Gasteiger partial charge in [-0.05, 0) is 24.6 Å². The second-order valence-electron chi connectivity index (χ2n) is 4.75. The minimum atomic E-state index is -0.151. The summed E-state index contributed by atoms with van der Waals surface area (Å²) in [5.41, 5.74) is 1.22. The smallest absolute Gasteiger partial charge is 0.276 e. The van der Waals surface area contributed by atoms with Gasteiger partial charge in [-0.15, -0.1) is 0 Å². The van der Waals surface area contributed by atoms with Crippen LogP contribution in [0.1, 0.15) is 30.3 Å². The number of hydrogen-bond donors (Lipinski definition) is 1. The lowest BCUT2D eigenvalue weighted by atomic mass is 10.2. The maximum Gasteiger partial charge on any atom is 0.276 e. The molecule has 21 heavy (non-hydrogen) atoms. The number of anilines is 2. The summed E-state index contributed by atoms with van der Waals surface area (Å²) in [6.07, 6.45) is 3.75. The van der Waals surface area contributed by atoms with E-state index in [4.69, 9.17) is 0 Å². The molecule has 0 saturated heterocycles. The molecule has 5 nitrogen and oxygen atoms in total. The third-order valence-electron chi connectivity index (χ3n) is 3.14. The number of rotatable bonds is 6. The number of para-hydroxylation sites is 1. The third kappa shape index (κ3) is 4.02. The number of unbranched alkanes of at least 4 members (excludes halogenated alkanes) is 1. The molecule has 1 N–H and O–H groups in total. The number of nitrogens with zero attached hydrogens (tertiary/aromatic N) is 3. The van der Waals surface area contributed by atoms with E-state index in [9.17, 15) is 4.79 Å². The summed E-state index contributed by atoms with van der Waals surface area (Å²) in [4.78, 5) is 22.4. The minimum absolute atomic E-state index is 0.151. The Hall–Kier alpha value is -2.43. The second-order valence-corrected chi connectivity index (χ2v) is 4.75. The van der Waals surface area contributed by atoms with Crippen molar-refractivity contribution in [3.8, 4) is 0 Å². The number of carbonyl (C=O) groups is 1. The van der Waals surface area contributed by atoms with Gasteiger partial charge in [0.15, 0.2) is 0 Å². The molecule has 2 aromatic rings. The molecule has 0 radical (unpaired) electrons. The van der Waals surface area contributed by atoms with Gasteiger partial charge in [0.1, 0.15) is 5.69 Å². The van der Waals surface area contributed by atoms with Crippen molar-refractivity contribution < 1.29 is 4.79 Å². The zero-order chi connectivity index (χ0) is 15.1. The molecule has 0 fully saturated rings. The van der Waals surface area contributed by atoms with Crippen molar-refractivity contribution in [2.24, 2.45) is 0 Å². The predicted octanol–water partition coefficient (Wildman–Crippen LogP) is 2.97. The van der Waals surface area contributed by atoms with Crippen molar-refractivity contribution in [3.05, 3.63) is 48.3 Å². The summed E-state index contributed by atoms with van der Waals surface area (Å²) >= 11 is 0. The largest absolute Gasteiger partial charge is 0.354 e. The van der Waals surface area contributed by atoms with E-state index in [1.807, 2.05) is 30.3 Å². The van der Waals surface area contributed by atoms with E-state index in [-0.39, 0.29) is 5.91 Å². The first kappa shape index (κ1) is 15.0. The zero-order valence-electron chi connectivity index (χ0n) is 12.4. The second kappa shape index (κ2) is 7.38. The molecule has 1 amide bonds. The molecule has 0 unspecified atom stereocenters. The van der Waals surface area contributed by atoms with Crippen LogP contribution in [0.15, 0.2) is 42.6 Å². The van der Waals surface area contributed by atoms with Crippen LogP contribution in [0.5, 0.6) is 0 Å². The molecular weight excluding hydrogens is 264 g/mol. The maximum atomic E-state index is 12.4. The topological polar surface area (TPSA) is 58.1 Å². The minimum Gasteiger partial charge on any atom is -0.354 e. The van der Waals surface area contributed by atoms with E-state index in [1.54, 1.807) is 24.2 Å². The number of aromatic nitrogens is 2. The number of nitrogens with one attached hydrogen (secondary N) is 1. The molecule has 0 aliphatic carbocycles. The van der Waals surface area contributed by atoms with Crippen molar-refractivity contribution in [1.82, 2.24) is 9.97 Å². The van der Waals surface area contributed by atoms with Crippen LogP contribution in [0.2, 0.25) is 0 Å². The van der Waals surface area contributed by atoms with Crippen LogP contribution in [-0.2, 0) is 0 Å². The first-order valence-corrected chi connectivity index (χ1v) is 7.12. The third-order valence-corrected chi connectivity index (χ3v) is 3.14. The van der Waals surface area contributed by atoms with Crippen LogP contribution in [0.3, 0.4) is 0 Å². The Morgan fingerprint density at radius 3 is 2.71 bits per heavy atom. The van der Waals surface area contributed by atoms with Crippen LogP contribution in [0.25, 0.3) is 0 Å². The number of amides is 1. The Morgan fingerprint density at radius 1 is 1.24 bits per heavy atom. The molecule has 1 aromatic carbocycles. The predicted molar refractivity (Wildman–Crippen MR) is 84.6 cm³/mol. The van der Waals surface area contributed by atoms with Gasteiger partial charge in [0.05, 0.1) is 0 Å². The van der Waals surface area contributed by atoms with E-state index in [1.165, 1.54) is 0 Å². The molecule has 110 valence electrons. The molecular formula is C16H20N4O. The first-order chi connectivity index (χ1) is 10.2. The lowest BCUT2D eigenvalue weighted by Gasteiger charge is -2.16. The molecule has 5 heteroatoms. The van der Waals surface area contributed by atoms with Crippen LogP contribution >= 0.6 is 0 Å². The van der Waals surface area contributed by atoms with E-state index in [2.05, 4.69) is 22.2 Å². The fourth-order valence-electron chi connectivity index (χ4n) is 1.88. The van der Waals surface area contributed by atoms with Crippen molar-refractivity contribution in [2.75, 3.05) is 23.8 Å². The van der Waals surface area contributed by atoms with E-state index in [0.29, 0.717) is 11.6 Å². The highest BCUT2D eigenvalue weighted by Crippen LogP contribution is 2.14. The quantitative estimate of drug-likeness (QED) is 0.829. The van der Waals surface area contributed by atoms with Crippen molar-refractivity contribution in [1.29, 1.82) is 0 Å². The Morgan fingerprint density at radius 2 is 2.00 bits per heavy atom. The monoisotopic (exact) mass is 284 g/mol. The Balaban J connectivity index is 2.10. The summed E-state index contributed by atoms with van der Waals surface area (Å²) in [5, 5.41) is 3.13. The fraction of sp³-hybridized carbons (Fsp3) is 0.312. The molecule has 1 heterocycles. The van der Waals surface area contributed by atoms with Crippen molar-refractivity contribution >= 4 is 17.5 Å². The van der Waals surface area contributed by atoms with Crippen molar-refractivity contribution in [3.63, 3.8) is 0 Å². The van der Waals surface area contributed by atoms with Crippen LogP contribution in [-0.4, -0.2) is 29.5 Å². The standard InChI is InChI=1S/C16H20N4O/c1-3-4-11-17-16-18-12-10-14(19-16)15(21)20(2)13-8-6-5-7-9-13/h5-10,12H,3-4,11H2,1-2H3,(H,17,18,19). The molecule has 0 atom stereocenters. The van der Waals surface area contributed by atoms with Gasteiger partial charge >= 0.3 is 0 Å². The van der Waals surface area contributed by atoms with Crippen LogP contribution in [0, 0.1) is 0 Å². The highest BCUT2D eigenvalue weighted by atomic mass is 16.2. The van der Waals surface area contributed by atoms with E-state index < -0.39 is 0 Å². The molecule has 0 aliphatic heterocycles.